The zero-order chi connectivity index (χ0) is 16.5. The molecule has 0 aliphatic carbocycles. The number of nitrogens with zero attached hydrogens (tertiary/aromatic N) is 2. The van der Waals surface area contributed by atoms with Crippen molar-refractivity contribution in [2.45, 2.75) is 72.6 Å². The number of rotatable bonds is 11. The van der Waals surface area contributed by atoms with Crippen LogP contribution in [0.4, 0.5) is 0 Å². The van der Waals surface area contributed by atoms with E-state index in [1.807, 2.05) is 11.7 Å². The van der Waals surface area contributed by atoms with Crippen molar-refractivity contribution in [2.75, 3.05) is 0 Å². The van der Waals surface area contributed by atoms with E-state index in [0.717, 1.165) is 10.6 Å². The van der Waals surface area contributed by atoms with Crippen LogP contribution in [-0.2, 0) is 0 Å². The number of thiazole rings is 1. The van der Waals surface area contributed by atoms with E-state index in [0.29, 0.717) is 0 Å². The van der Waals surface area contributed by atoms with Crippen LogP contribution in [-0.4, -0.2) is 28.5 Å². The van der Waals surface area contributed by atoms with E-state index in [2.05, 4.69) is 37.0 Å². The van der Waals surface area contributed by atoms with Gasteiger partial charge in [-0.25, -0.2) is 0 Å². The fraction of sp³-hybridized carbons (Fsp3) is 0.667. The van der Waals surface area contributed by atoms with E-state index < -0.39 is 18.4 Å². The molecule has 2 aromatic rings. The second kappa shape index (κ2) is 9.82. The van der Waals surface area contributed by atoms with Crippen LogP contribution >= 0.6 is 11.3 Å². The molecule has 0 atom stereocenters. The van der Waals surface area contributed by atoms with Gasteiger partial charge in [-0.15, -0.1) is 0 Å². The third-order valence-electron chi connectivity index (χ3n) is 4.74. The predicted molar refractivity (Wildman–Crippen MR) is 102 cm³/mol. The molecule has 5 heteroatoms. The fourth-order valence-electron chi connectivity index (χ4n) is 3.27. The van der Waals surface area contributed by atoms with Gasteiger partial charge in [0.2, 0.25) is 0 Å². The Balaban J connectivity index is 2.29. The summed E-state index contributed by atoms with van der Waals surface area (Å²) in [5, 5.41) is 4.40. The average Bonchev–Trinajstić information content (AvgIpc) is 3.25. The van der Waals surface area contributed by atoms with Crippen LogP contribution < -0.4 is 3.78 Å². The zero-order valence-electron chi connectivity index (χ0n) is 14.8. The topological polar surface area (TPSA) is 38.9 Å². The third kappa shape index (κ3) is 5.05. The van der Waals surface area contributed by atoms with Crippen LogP contribution in [0.3, 0.4) is 0 Å². The first kappa shape index (κ1) is 19.0. The molecule has 0 radical (unpaired) electrons. The first-order valence-corrected chi connectivity index (χ1v) is 17.5. The summed E-state index contributed by atoms with van der Waals surface area (Å²) in [6.07, 6.45) is 9.79. The molecular weight excluding hydrogens is 411 g/mol. The van der Waals surface area contributed by atoms with Gasteiger partial charge in [0, 0.05) is 0 Å². The van der Waals surface area contributed by atoms with Crippen molar-refractivity contribution in [2.24, 2.45) is 0 Å². The Morgan fingerprint density at radius 3 is 2.09 bits per heavy atom. The first-order chi connectivity index (χ1) is 11.3. The molecule has 0 bridgehead atoms. The second-order valence-corrected chi connectivity index (χ2v) is 20.4. The summed E-state index contributed by atoms with van der Waals surface area (Å²) in [4.78, 5) is 5.30. The number of hydrogen-bond donors (Lipinski definition) is 0. The van der Waals surface area contributed by atoms with E-state index in [9.17, 15) is 0 Å². The fourth-order valence-corrected chi connectivity index (χ4v) is 18.9. The molecule has 0 amide bonds. The third-order valence-corrected chi connectivity index (χ3v) is 20.4. The average molecular weight is 441 g/mol. The molecule has 23 heavy (non-hydrogen) atoms. The van der Waals surface area contributed by atoms with Gasteiger partial charge in [0.15, 0.2) is 0 Å². The van der Waals surface area contributed by atoms with Gasteiger partial charge in [0.05, 0.1) is 0 Å². The van der Waals surface area contributed by atoms with Crippen molar-refractivity contribution in [3.63, 3.8) is 0 Å². The van der Waals surface area contributed by atoms with Crippen molar-refractivity contribution in [1.29, 1.82) is 0 Å². The summed E-state index contributed by atoms with van der Waals surface area (Å²) in [6, 6.07) is 2.27. The molecule has 0 N–H and O–H groups in total. The van der Waals surface area contributed by atoms with E-state index in [-0.39, 0.29) is 0 Å². The standard InChI is InChI=1S/C6H3N2OS.3C4H9.Sn/c1-2-9-8-5(1)6-3-7-4-10-6;3*1-3-4-2;/h1,3-4H;3*1,3-4H2,2H3;. The zero-order valence-corrected chi connectivity index (χ0v) is 18.5. The number of hydrogen-bond acceptors (Lipinski definition) is 4. The maximum absolute atomic E-state index is 5.97. The molecule has 0 spiro atoms. The van der Waals surface area contributed by atoms with Crippen molar-refractivity contribution in [3.8, 4) is 10.6 Å². The van der Waals surface area contributed by atoms with Crippen LogP contribution in [0.5, 0.6) is 0 Å². The Labute approximate surface area is 148 Å². The summed E-state index contributed by atoms with van der Waals surface area (Å²) in [5.74, 6) is 0. The Morgan fingerprint density at radius 1 is 1.00 bits per heavy atom. The van der Waals surface area contributed by atoms with Crippen LogP contribution in [0.15, 0.2) is 22.3 Å². The molecule has 3 nitrogen and oxygen atoms in total. The van der Waals surface area contributed by atoms with Gasteiger partial charge < -0.3 is 0 Å². The summed E-state index contributed by atoms with van der Waals surface area (Å²) >= 11 is -0.817. The van der Waals surface area contributed by atoms with Crippen molar-refractivity contribution >= 4 is 33.5 Å². The maximum atomic E-state index is 5.97. The molecule has 0 aliphatic heterocycles. The molecule has 0 aliphatic rings. The summed E-state index contributed by atoms with van der Waals surface area (Å²) in [5.41, 5.74) is 2.86. The SMILES string of the molecule is CCC[CH2][Sn]([CH2]CCC)([CH2]CCC)[c]1cc(-c2cncs2)no1. The van der Waals surface area contributed by atoms with E-state index in [4.69, 9.17) is 4.52 Å². The molecule has 0 aromatic carbocycles. The molecular formula is C18H30N2OSSn. The summed E-state index contributed by atoms with van der Waals surface area (Å²) in [7, 11) is 0. The van der Waals surface area contributed by atoms with E-state index in [1.54, 1.807) is 11.3 Å². The van der Waals surface area contributed by atoms with E-state index in [1.165, 1.54) is 55.6 Å². The van der Waals surface area contributed by atoms with Gasteiger partial charge in [-0.1, -0.05) is 0 Å². The Morgan fingerprint density at radius 2 is 1.61 bits per heavy atom. The Kier molecular flexibility index (Phi) is 8.10. The van der Waals surface area contributed by atoms with Crippen molar-refractivity contribution in [1.82, 2.24) is 10.1 Å². The molecule has 2 rings (SSSR count). The van der Waals surface area contributed by atoms with Crippen LogP contribution in [0.2, 0.25) is 13.3 Å². The minimum atomic E-state index is -2.46. The predicted octanol–water partition coefficient (Wildman–Crippen LogP) is 5.85. The van der Waals surface area contributed by atoms with Gasteiger partial charge in [-0.2, -0.15) is 0 Å². The minimum absolute atomic E-state index is 0.994. The van der Waals surface area contributed by atoms with Gasteiger partial charge in [0.1, 0.15) is 0 Å². The first-order valence-electron chi connectivity index (χ1n) is 9.11. The van der Waals surface area contributed by atoms with E-state index >= 15 is 0 Å². The van der Waals surface area contributed by atoms with Gasteiger partial charge in [-0.05, 0) is 0 Å². The Hall–Kier alpha value is -0.361. The quantitative estimate of drug-likeness (QED) is 0.411. The molecule has 0 saturated carbocycles. The molecule has 0 saturated heterocycles. The normalized spacial score (nSPS) is 12.0. The summed E-state index contributed by atoms with van der Waals surface area (Å²) in [6.45, 7) is 6.91. The van der Waals surface area contributed by atoms with Crippen LogP contribution in [0, 0.1) is 0 Å². The molecule has 2 heterocycles. The van der Waals surface area contributed by atoms with Gasteiger partial charge in [-0.3, -0.25) is 0 Å². The van der Waals surface area contributed by atoms with Gasteiger partial charge >= 0.3 is 149 Å². The Bertz CT molecular complexity index is 531. The number of unbranched alkanes of at least 4 members (excludes halogenated alkanes) is 3. The monoisotopic (exact) mass is 442 g/mol. The van der Waals surface area contributed by atoms with Crippen molar-refractivity contribution in [3.05, 3.63) is 17.8 Å². The molecule has 128 valence electrons. The summed E-state index contributed by atoms with van der Waals surface area (Å²) < 4.78 is 11.5. The second-order valence-electron chi connectivity index (χ2n) is 6.53. The molecule has 0 unspecified atom stereocenters. The van der Waals surface area contributed by atoms with Crippen LogP contribution in [0.25, 0.3) is 10.6 Å². The van der Waals surface area contributed by atoms with Crippen LogP contribution in [0.1, 0.15) is 59.3 Å². The molecule has 2 aromatic heterocycles. The van der Waals surface area contributed by atoms with Crippen molar-refractivity contribution < 1.29 is 4.52 Å². The number of aromatic nitrogens is 2. The molecule has 0 fully saturated rings. The van der Waals surface area contributed by atoms with Gasteiger partial charge in [0.25, 0.3) is 0 Å².